The van der Waals surface area contributed by atoms with Gasteiger partial charge < -0.3 is 16.2 Å². The van der Waals surface area contributed by atoms with Crippen LogP contribution < -0.4 is 11.5 Å². The summed E-state index contributed by atoms with van der Waals surface area (Å²) in [7, 11) is 1.65. The molecule has 1 heterocycles. The monoisotopic (exact) mass is 167 g/mol. The molecule has 1 aromatic rings. The summed E-state index contributed by atoms with van der Waals surface area (Å²) in [6.45, 7) is 0.646. The summed E-state index contributed by atoms with van der Waals surface area (Å²) in [5.41, 5.74) is 12.8. The fraction of sp³-hybridized carbons (Fsp3) is 0.375. The van der Waals surface area contributed by atoms with Gasteiger partial charge in [0, 0.05) is 13.3 Å². The highest BCUT2D eigenvalue weighted by Gasteiger charge is 2.01. The van der Waals surface area contributed by atoms with Crippen molar-refractivity contribution in [2.75, 3.05) is 25.2 Å². The van der Waals surface area contributed by atoms with Gasteiger partial charge in [0.05, 0.1) is 12.3 Å². The van der Waals surface area contributed by atoms with Crippen LogP contribution in [0.3, 0.4) is 0 Å². The van der Waals surface area contributed by atoms with Crippen molar-refractivity contribution in [1.82, 2.24) is 4.98 Å². The molecule has 0 bridgehead atoms. The van der Waals surface area contributed by atoms with Crippen molar-refractivity contribution in [3.05, 3.63) is 17.8 Å². The van der Waals surface area contributed by atoms with Gasteiger partial charge in [0.2, 0.25) is 0 Å². The second-order valence-electron chi connectivity index (χ2n) is 2.51. The summed E-state index contributed by atoms with van der Waals surface area (Å²) >= 11 is 0. The van der Waals surface area contributed by atoms with Crippen LogP contribution in [0.1, 0.15) is 5.56 Å². The molecule has 66 valence electrons. The fourth-order valence-electron chi connectivity index (χ4n) is 0.961. The first-order valence-corrected chi connectivity index (χ1v) is 3.73. The molecule has 0 aliphatic rings. The van der Waals surface area contributed by atoms with E-state index in [-0.39, 0.29) is 0 Å². The van der Waals surface area contributed by atoms with Crippen molar-refractivity contribution in [3.63, 3.8) is 0 Å². The first-order valence-electron chi connectivity index (χ1n) is 3.73. The van der Waals surface area contributed by atoms with Gasteiger partial charge in [-0.3, -0.25) is 0 Å². The molecule has 12 heavy (non-hydrogen) atoms. The lowest BCUT2D eigenvalue weighted by Crippen LogP contribution is -2.04. The molecule has 0 aromatic carbocycles. The van der Waals surface area contributed by atoms with Gasteiger partial charge in [-0.2, -0.15) is 0 Å². The minimum absolute atomic E-state index is 0.392. The number of aromatic nitrogens is 1. The first-order chi connectivity index (χ1) is 5.75. The minimum atomic E-state index is 0.392. The Kier molecular flexibility index (Phi) is 2.88. The highest BCUT2D eigenvalue weighted by atomic mass is 16.5. The van der Waals surface area contributed by atoms with E-state index >= 15 is 0 Å². The zero-order valence-corrected chi connectivity index (χ0v) is 7.08. The number of anilines is 2. The summed E-state index contributed by atoms with van der Waals surface area (Å²) in [6, 6.07) is 1.85. The molecular formula is C8H13N3O. The molecule has 0 spiro atoms. The van der Waals surface area contributed by atoms with Crippen LogP contribution in [0.2, 0.25) is 0 Å². The van der Waals surface area contributed by atoms with Gasteiger partial charge in [-0.25, -0.2) is 4.98 Å². The standard InChI is InChI=1S/C8H13N3O/c1-12-5-3-6-2-4-11-8(10)7(6)9/h2,4H,3,5,9H2,1H3,(H2,10,11). The van der Waals surface area contributed by atoms with Crippen molar-refractivity contribution in [2.45, 2.75) is 6.42 Å². The third-order valence-corrected chi connectivity index (χ3v) is 1.69. The summed E-state index contributed by atoms with van der Waals surface area (Å²) in [5, 5.41) is 0. The lowest BCUT2D eigenvalue weighted by atomic mass is 10.1. The average molecular weight is 167 g/mol. The number of nitrogen functional groups attached to an aromatic ring is 2. The molecule has 0 unspecified atom stereocenters. The molecule has 0 aliphatic heterocycles. The van der Waals surface area contributed by atoms with Crippen molar-refractivity contribution < 1.29 is 4.74 Å². The number of pyridine rings is 1. The van der Waals surface area contributed by atoms with Crippen LogP contribution in [-0.4, -0.2) is 18.7 Å². The predicted octanol–water partition coefficient (Wildman–Crippen LogP) is 0.435. The lowest BCUT2D eigenvalue weighted by Gasteiger charge is -2.05. The van der Waals surface area contributed by atoms with Crippen LogP contribution in [0, 0.1) is 0 Å². The molecule has 0 aliphatic carbocycles. The molecular weight excluding hydrogens is 154 g/mol. The van der Waals surface area contributed by atoms with Crippen molar-refractivity contribution in [1.29, 1.82) is 0 Å². The van der Waals surface area contributed by atoms with E-state index in [1.165, 1.54) is 0 Å². The number of methoxy groups -OCH3 is 1. The Hall–Kier alpha value is -1.29. The Balaban J connectivity index is 2.78. The Morgan fingerprint density at radius 3 is 2.92 bits per heavy atom. The van der Waals surface area contributed by atoms with Crippen LogP contribution >= 0.6 is 0 Å². The maximum absolute atomic E-state index is 5.68. The van der Waals surface area contributed by atoms with E-state index in [9.17, 15) is 0 Å². The van der Waals surface area contributed by atoms with Gasteiger partial charge in [-0.15, -0.1) is 0 Å². The van der Waals surface area contributed by atoms with Crippen LogP contribution in [0.15, 0.2) is 12.3 Å². The van der Waals surface area contributed by atoms with Gasteiger partial charge in [0.25, 0.3) is 0 Å². The van der Waals surface area contributed by atoms with E-state index in [1.807, 2.05) is 6.07 Å². The maximum Gasteiger partial charge on any atom is 0.146 e. The Labute approximate surface area is 71.5 Å². The van der Waals surface area contributed by atoms with Gasteiger partial charge in [0.15, 0.2) is 0 Å². The molecule has 4 nitrogen and oxygen atoms in total. The van der Waals surface area contributed by atoms with Crippen molar-refractivity contribution >= 4 is 11.5 Å². The van der Waals surface area contributed by atoms with E-state index in [0.717, 1.165) is 12.0 Å². The van der Waals surface area contributed by atoms with E-state index < -0.39 is 0 Å². The quantitative estimate of drug-likeness (QED) is 0.684. The summed E-state index contributed by atoms with van der Waals surface area (Å²) < 4.78 is 4.92. The number of ether oxygens (including phenoxy) is 1. The number of hydrogen-bond acceptors (Lipinski definition) is 4. The van der Waals surface area contributed by atoms with E-state index in [4.69, 9.17) is 16.2 Å². The Bertz CT molecular complexity index is 262. The van der Waals surface area contributed by atoms with Gasteiger partial charge >= 0.3 is 0 Å². The molecule has 4 heteroatoms. The summed E-state index contributed by atoms with van der Waals surface area (Å²) in [4.78, 5) is 3.86. The smallest absolute Gasteiger partial charge is 0.146 e. The lowest BCUT2D eigenvalue weighted by molar-refractivity contribution is 0.202. The maximum atomic E-state index is 5.68. The second-order valence-corrected chi connectivity index (χ2v) is 2.51. The Morgan fingerprint density at radius 1 is 1.50 bits per heavy atom. The zero-order valence-electron chi connectivity index (χ0n) is 7.08. The second kappa shape index (κ2) is 3.92. The number of hydrogen-bond donors (Lipinski definition) is 2. The van der Waals surface area contributed by atoms with Crippen LogP contribution in [0.4, 0.5) is 11.5 Å². The molecule has 1 aromatic heterocycles. The van der Waals surface area contributed by atoms with E-state index in [0.29, 0.717) is 18.1 Å². The third kappa shape index (κ3) is 1.85. The van der Waals surface area contributed by atoms with Crippen molar-refractivity contribution in [3.8, 4) is 0 Å². The molecule has 4 N–H and O–H groups in total. The topological polar surface area (TPSA) is 74.2 Å². The highest BCUT2D eigenvalue weighted by Crippen LogP contribution is 2.16. The fourth-order valence-corrected chi connectivity index (χ4v) is 0.961. The molecule has 0 saturated heterocycles. The SMILES string of the molecule is COCCc1ccnc(N)c1N. The summed E-state index contributed by atoms with van der Waals surface area (Å²) in [5.74, 6) is 0.392. The van der Waals surface area contributed by atoms with Gasteiger partial charge in [-0.05, 0) is 18.1 Å². The first kappa shape index (κ1) is 8.80. The molecule has 0 saturated carbocycles. The molecule has 0 atom stereocenters. The molecule has 0 amide bonds. The van der Waals surface area contributed by atoms with E-state index in [1.54, 1.807) is 13.3 Å². The van der Waals surface area contributed by atoms with Crippen LogP contribution in [0.5, 0.6) is 0 Å². The molecule has 1 rings (SSSR count). The van der Waals surface area contributed by atoms with Gasteiger partial charge in [0.1, 0.15) is 5.82 Å². The van der Waals surface area contributed by atoms with Crippen LogP contribution in [0.25, 0.3) is 0 Å². The van der Waals surface area contributed by atoms with Crippen molar-refractivity contribution in [2.24, 2.45) is 0 Å². The largest absolute Gasteiger partial charge is 0.396 e. The average Bonchev–Trinajstić information content (AvgIpc) is 2.08. The summed E-state index contributed by atoms with van der Waals surface area (Å²) in [6.07, 6.45) is 2.42. The zero-order chi connectivity index (χ0) is 8.97. The number of rotatable bonds is 3. The number of nitrogens with two attached hydrogens (primary N) is 2. The third-order valence-electron chi connectivity index (χ3n) is 1.69. The van der Waals surface area contributed by atoms with E-state index in [2.05, 4.69) is 4.98 Å². The normalized spacial score (nSPS) is 10.1. The highest BCUT2D eigenvalue weighted by molar-refractivity contribution is 5.62. The van der Waals surface area contributed by atoms with Crippen LogP contribution in [-0.2, 0) is 11.2 Å². The predicted molar refractivity (Wildman–Crippen MR) is 48.6 cm³/mol. The number of nitrogens with zero attached hydrogens (tertiary/aromatic N) is 1. The Morgan fingerprint density at radius 2 is 2.25 bits per heavy atom. The minimum Gasteiger partial charge on any atom is -0.396 e. The molecule has 0 radical (unpaired) electrons. The van der Waals surface area contributed by atoms with Gasteiger partial charge in [-0.1, -0.05) is 0 Å². The molecule has 0 fully saturated rings.